The van der Waals surface area contributed by atoms with E-state index in [1.165, 1.54) is 18.9 Å². The van der Waals surface area contributed by atoms with Gasteiger partial charge in [0.15, 0.2) is 0 Å². The summed E-state index contributed by atoms with van der Waals surface area (Å²) in [7, 11) is -3.78. The van der Waals surface area contributed by atoms with Crippen LogP contribution >= 0.6 is 0 Å². The summed E-state index contributed by atoms with van der Waals surface area (Å²) in [5.41, 5.74) is 7.03. The summed E-state index contributed by atoms with van der Waals surface area (Å²) in [6.07, 6.45) is 2.40. The highest BCUT2D eigenvalue weighted by Gasteiger charge is 2.44. The van der Waals surface area contributed by atoms with Crippen LogP contribution in [0, 0.1) is 11.3 Å². The molecule has 0 spiro atoms. The van der Waals surface area contributed by atoms with Crippen molar-refractivity contribution in [1.29, 1.82) is 0 Å². The molecule has 2 rings (SSSR count). The number of hydrogen-bond donors (Lipinski definition) is 3. The Kier molecular flexibility index (Phi) is 3.49. The molecule has 0 amide bonds. The van der Waals surface area contributed by atoms with Gasteiger partial charge in [-0.3, -0.25) is 0 Å². The molecule has 0 bridgehead atoms. The number of rotatable bonds is 5. The summed E-state index contributed by atoms with van der Waals surface area (Å²) >= 11 is 0. The standard InChI is InChI=1S/C13H21N3O2S/c1-9(2)13(6-7-13)8-16-10-4-3-5-11(12(10)14)19(15,17)18/h3-5,9,16H,6-8,14H2,1-2H3,(H2,15,17,18). The topological polar surface area (TPSA) is 98.2 Å². The first-order chi connectivity index (χ1) is 8.76. The molecule has 106 valence electrons. The third-order valence-corrected chi connectivity index (χ3v) is 5.09. The Morgan fingerprint density at radius 3 is 2.47 bits per heavy atom. The fourth-order valence-electron chi connectivity index (χ4n) is 2.34. The molecule has 0 saturated heterocycles. The van der Waals surface area contributed by atoms with Crippen molar-refractivity contribution in [2.45, 2.75) is 31.6 Å². The van der Waals surface area contributed by atoms with Crippen molar-refractivity contribution >= 4 is 21.4 Å². The third-order valence-electron chi connectivity index (χ3n) is 4.12. The molecule has 0 aliphatic heterocycles. The first kappa shape index (κ1) is 14.1. The van der Waals surface area contributed by atoms with E-state index in [-0.39, 0.29) is 10.6 Å². The van der Waals surface area contributed by atoms with Crippen molar-refractivity contribution in [3.8, 4) is 0 Å². The van der Waals surface area contributed by atoms with Gasteiger partial charge in [-0.25, -0.2) is 13.6 Å². The smallest absolute Gasteiger partial charge is 0.240 e. The van der Waals surface area contributed by atoms with Gasteiger partial charge in [0.05, 0.1) is 11.4 Å². The van der Waals surface area contributed by atoms with Crippen LogP contribution in [-0.2, 0) is 10.0 Å². The second-order valence-electron chi connectivity index (χ2n) is 5.63. The van der Waals surface area contributed by atoms with Crippen LogP contribution in [-0.4, -0.2) is 15.0 Å². The van der Waals surface area contributed by atoms with Gasteiger partial charge in [-0.05, 0) is 36.3 Å². The largest absolute Gasteiger partial charge is 0.396 e. The number of nitrogen functional groups attached to an aromatic ring is 1. The van der Waals surface area contributed by atoms with Crippen LogP contribution < -0.4 is 16.2 Å². The minimum atomic E-state index is -3.78. The van der Waals surface area contributed by atoms with Crippen LogP contribution in [0.3, 0.4) is 0 Å². The normalized spacial score (nSPS) is 17.5. The molecule has 1 aromatic rings. The van der Waals surface area contributed by atoms with Gasteiger partial charge >= 0.3 is 0 Å². The minimum Gasteiger partial charge on any atom is -0.396 e. The second kappa shape index (κ2) is 4.68. The molecule has 1 saturated carbocycles. The van der Waals surface area contributed by atoms with Crippen molar-refractivity contribution in [2.75, 3.05) is 17.6 Å². The highest BCUT2D eigenvalue weighted by atomic mass is 32.2. The summed E-state index contributed by atoms with van der Waals surface area (Å²) in [5.74, 6) is 0.600. The Balaban J connectivity index is 2.18. The van der Waals surface area contributed by atoms with E-state index in [9.17, 15) is 8.42 Å². The number of sulfonamides is 1. The van der Waals surface area contributed by atoms with Gasteiger partial charge in [0, 0.05) is 6.54 Å². The van der Waals surface area contributed by atoms with E-state index < -0.39 is 10.0 Å². The third kappa shape index (κ3) is 2.84. The van der Waals surface area contributed by atoms with Gasteiger partial charge in [0.2, 0.25) is 10.0 Å². The van der Waals surface area contributed by atoms with Crippen LogP contribution in [0.1, 0.15) is 26.7 Å². The van der Waals surface area contributed by atoms with E-state index >= 15 is 0 Å². The Morgan fingerprint density at radius 2 is 2.00 bits per heavy atom. The summed E-state index contributed by atoms with van der Waals surface area (Å²) < 4.78 is 22.8. The van der Waals surface area contributed by atoms with Gasteiger partial charge < -0.3 is 11.1 Å². The zero-order valence-corrected chi connectivity index (χ0v) is 12.1. The van der Waals surface area contributed by atoms with E-state index in [1.54, 1.807) is 12.1 Å². The van der Waals surface area contributed by atoms with E-state index in [1.807, 2.05) is 0 Å². The van der Waals surface area contributed by atoms with Crippen molar-refractivity contribution in [3.63, 3.8) is 0 Å². The van der Waals surface area contributed by atoms with Crippen molar-refractivity contribution < 1.29 is 8.42 Å². The molecule has 0 heterocycles. The number of primary sulfonamides is 1. The molecule has 0 atom stereocenters. The fourth-order valence-corrected chi connectivity index (χ4v) is 3.02. The maximum Gasteiger partial charge on any atom is 0.240 e. The van der Waals surface area contributed by atoms with Gasteiger partial charge in [-0.15, -0.1) is 0 Å². The maximum absolute atomic E-state index is 11.4. The molecule has 0 unspecified atom stereocenters. The minimum absolute atomic E-state index is 0.0214. The van der Waals surface area contributed by atoms with Crippen LogP contribution in [0.4, 0.5) is 11.4 Å². The highest BCUT2D eigenvalue weighted by Crippen LogP contribution is 2.51. The first-order valence-electron chi connectivity index (χ1n) is 6.41. The van der Waals surface area contributed by atoms with Crippen molar-refractivity contribution in [3.05, 3.63) is 18.2 Å². The lowest BCUT2D eigenvalue weighted by Crippen LogP contribution is -2.22. The SMILES string of the molecule is CC(C)C1(CNc2cccc(S(N)(=O)=O)c2N)CC1. The van der Waals surface area contributed by atoms with Crippen LogP contribution in [0.5, 0.6) is 0 Å². The van der Waals surface area contributed by atoms with Crippen LogP contribution in [0.15, 0.2) is 23.1 Å². The lowest BCUT2D eigenvalue weighted by molar-refractivity contribution is 0.380. The Labute approximate surface area is 114 Å². The molecule has 1 aliphatic rings. The Morgan fingerprint density at radius 1 is 1.37 bits per heavy atom. The molecule has 5 N–H and O–H groups in total. The maximum atomic E-state index is 11.4. The number of hydrogen-bond acceptors (Lipinski definition) is 4. The quantitative estimate of drug-likeness (QED) is 0.717. The van der Waals surface area contributed by atoms with Crippen molar-refractivity contribution in [2.24, 2.45) is 16.5 Å². The molecular formula is C13H21N3O2S. The van der Waals surface area contributed by atoms with Gasteiger partial charge in [-0.1, -0.05) is 19.9 Å². The summed E-state index contributed by atoms with van der Waals surface area (Å²) in [5, 5.41) is 8.40. The zero-order valence-electron chi connectivity index (χ0n) is 11.3. The van der Waals surface area contributed by atoms with E-state index in [0.29, 0.717) is 17.0 Å². The number of para-hydroxylation sites is 1. The molecule has 0 aromatic heterocycles. The molecular weight excluding hydrogens is 262 g/mol. The Bertz CT molecular complexity index is 578. The monoisotopic (exact) mass is 283 g/mol. The fraction of sp³-hybridized carbons (Fsp3) is 0.538. The van der Waals surface area contributed by atoms with Gasteiger partial charge in [0.1, 0.15) is 4.90 Å². The first-order valence-corrected chi connectivity index (χ1v) is 7.96. The average Bonchev–Trinajstić information content (AvgIpc) is 3.07. The number of anilines is 2. The summed E-state index contributed by atoms with van der Waals surface area (Å²) in [6, 6.07) is 4.85. The summed E-state index contributed by atoms with van der Waals surface area (Å²) in [4.78, 5) is -0.0214. The molecule has 1 aromatic carbocycles. The van der Waals surface area contributed by atoms with Crippen LogP contribution in [0.2, 0.25) is 0 Å². The van der Waals surface area contributed by atoms with Crippen LogP contribution in [0.25, 0.3) is 0 Å². The molecule has 19 heavy (non-hydrogen) atoms. The molecule has 1 aliphatic carbocycles. The predicted molar refractivity (Wildman–Crippen MR) is 77.2 cm³/mol. The van der Waals surface area contributed by atoms with E-state index in [0.717, 1.165) is 6.54 Å². The predicted octanol–water partition coefficient (Wildman–Crippen LogP) is 1.76. The van der Waals surface area contributed by atoms with E-state index in [2.05, 4.69) is 19.2 Å². The lowest BCUT2D eigenvalue weighted by atomic mass is 9.92. The molecule has 6 heteroatoms. The molecule has 0 radical (unpaired) electrons. The summed E-state index contributed by atoms with van der Waals surface area (Å²) in [6.45, 7) is 5.22. The average molecular weight is 283 g/mol. The Hall–Kier alpha value is -1.27. The second-order valence-corrected chi connectivity index (χ2v) is 7.16. The molecule has 5 nitrogen and oxygen atoms in total. The number of nitrogens with two attached hydrogens (primary N) is 2. The van der Waals surface area contributed by atoms with Gasteiger partial charge in [-0.2, -0.15) is 0 Å². The van der Waals surface area contributed by atoms with Crippen molar-refractivity contribution in [1.82, 2.24) is 0 Å². The zero-order chi connectivity index (χ0) is 14.3. The molecule has 1 fully saturated rings. The number of benzene rings is 1. The van der Waals surface area contributed by atoms with E-state index in [4.69, 9.17) is 10.9 Å². The highest BCUT2D eigenvalue weighted by molar-refractivity contribution is 7.89. The lowest BCUT2D eigenvalue weighted by Gasteiger charge is -2.21. The van der Waals surface area contributed by atoms with Gasteiger partial charge in [0.25, 0.3) is 0 Å². The number of nitrogens with one attached hydrogen (secondary N) is 1.